The molecular formula is C33H33ClN4O4. The second-order valence-corrected chi connectivity index (χ2v) is 12.3. The van der Waals surface area contributed by atoms with E-state index in [0.717, 1.165) is 21.9 Å². The molecule has 1 N–H and O–H groups in total. The first kappa shape index (κ1) is 29.1. The minimum atomic E-state index is -0.323. The van der Waals surface area contributed by atoms with E-state index in [9.17, 15) is 15.2 Å². The molecule has 0 saturated heterocycles. The standard InChI is InChI=1S/C33H33ClN4O4/c1-32(2)30(33(3,4)31(32)42-25-12-11-23(17-35)27(34)16-25)38-20-24-15-21(10-13-26(24)29(38)40)8-9-22-18-36-37(19-22)14-6-7-28(39)41-5/h10-13,15-16,18-20,30-31,40H,6-7,14H2,1-5H3. The Bertz CT molecular complexity index is 1750. The largest absolute Gasteiger partial charge is 0.494 e. The zero-order valence-electron chi connectivity index (χ0n) is 24.3. The Labute approximate surface area is 250 Å². The number of aromatic hydroxyl groups is 1. The number of fused-ring (bicyclic) bond motifs is 1. The highest BCUT2D eigenvalue weighted by Crippen LogP contribution is 2.64. The van der Waals surface area contributed by atoms with Crippen LogP contribution in [0, 0.1) is 34.0 Å². The lowest BCUT2D eigenvalue weighted by Crippen LogP contribution is -2.66. The molecule has 9 heteroatoms. The van der Waals surface area contributed by atoms with Crippen molar-refractivity contribution in [3.05, 3.63) is 76.7 Å². The van der Waals surface area contributed by atoms with Crippen LogP contribution in [-0.2, 0) is 16.1 Å². The summed E-state index contributed by atoms with van der Waals surface area (Å²) in [5, 5.41) is 26.8. The van der Waals surface area contributed by atoms with Crippen molar-refractivity contribution in [3.63, 3.8) is 0 Å². The number of carbonyl (C=O) groups excluding carboxylic acids is 1. The smallest absolute Gasteiger partial charge is 0.305 e. The fourth-order valence-corrected chi connectivity index (χ4v) is 6.82. The maximum atomic E-state index is 11.3. The van der Waals surface area contributed by atoms with E-state index < -0.39 is 0 Å². The number of methoxy groups -OCH3 is 1. The Morgan fingerprint density at radius 2 is 1.83 bits per heavy atom. The first-order chi connectivity index (χ1) is 19.9. The molecule has 2 aromatic carbocycles. The number of benzene rings is 2. The van der Waals surface area contributed by atoms with Crippen molar-refractivity contribution in [1.29, 1.82) is 5.26 Å². The van der Waals surface area contributed by atoms with Crippen LogP contribution in [0.25, 0.3) is 10.8 Å². The lowest BCUT2D eigenvalue weighted by atomic mass is 9.49. The van der Waals surface area contributed by atoms with Gasteiger partial charge in [-0.2, -0.15) is 10.4 Å². The normalized spacial score (nSPS) is 18.4. The predicted molar refractivity (Wildman–Crippen MR) is 160 cm³/mol. The van der Waals surface area contributed by atoms with E-state index in [1.165, 1.54) is 7.11 Å². The van der Waals surface area contributed by atoms with E-state index in [-0.39, 0.29) is 34.8 Å². The van der Waals surface area contributed by atoms with Crippen LogP contribution in [-0.4, -0.2) is 38.6 Å². The molecule has 8 nitrogen and oxygen atoms in total. The molecular weight excluding hydrogens is 552 g/mol. The third-order valence-electron chi connectivity index (χ3n) is 8.15. The minimum absolute atomic E-state index is 0.0455. The zero-order chi connectivity index (χ0) is 30.2. The third-order valence-corrected chi connectivity index (χ3v) is 8.46. The van der Waals surface area contributed by atoms with Gasteiger partial charge in [-0.3, -0.25) is 9.48 Å². The maximum absolute atomic E-state index is 11.3. The van der Waals surface area contributed by atoms with Gasteiger partial charge in [-0.25, -0.2) is 0 Å². The first-order valence-corrected chi connectivity index (χ1v) is 14.1. The number of hydrogen-bond acceptors (Lipinski definition) is 6. The Balaban J connectivity index is 1.34. The summed E-state index contributed by atoms with van der Waals surface area (Å²) < 4.78 is 14.8. The molecule has 0 bridgehead atoms. The average Bonchev–Trinajstić information content (AvgIpc) is 3.53. The summed E-state index contributed by atoms with van der Waals surface area (Å²) in [4.78, 5) is 11.3. The number of ether oxygens (including phenoxy) is 2. The molecule has 1 saturated carbocycles. The van der Waals surface area contributed by atoms with Crippen LogP contribution in [0.4, 0.5) is 0 Å². The van der Waals surface area contributed by atoms with Crippen molar-refractivity contribution < 1.29 is 19.4 Å². The van der Waals surface area contributed by atoms with E-state index >= 15 is 0 Å². The summed E-state index contributed by atoms with van der Waals surface area (Å²) in [5.41, 5.74) is 1.36. The van der Waals surface area contributed by atoms with Crippen LogP contribution >= 0.6 is 11.6 Å². The Morgan fingerprint density at radius 1 is 1.10 bits per heavy atom. The Hall–Kier alpha value is -4.40. The van der Waals surface area contributed by atoms with E-state index in [0.29, 0.717) is 35.7 Å². The molecule has 0 unspecified atom stereocenters. The summed E-state index contributed by atoms with van der Waals surface area (Å²) in [6.45, 7) is 9.15. The van der Waals surface area contributed by atoms with Gasteiger partial charge in [-0.05, 0) is 36.8 Å². The van der Waals surface area contributed by atoms with Gasteiger partial charge in [0.15, 0.2) is 5.88 Å². The summed E-state index contributed by atoms with van der Waals surface area (Å²) >= 11 is 6.24. The van der Waals surface area contributed by atoms with Gasteiger partial charge < -0.3 is 19.1 Å². The zero-order valence-corrected chi connectivity index (χ0v) is 25.1. The summed E-state index contributed by atoms with van der Waals surface area (Å²) in [5.74, 6) is 6.94. The number of halogens is 1. The molecule has 2 aromatic heterocycles. The highest BCUT2D eigenvalue weighted by Gasteiger charge is 2.64. The van der Waals surface area contributed by atoms with Gasteiger partial charge in [0.05, 0.1) is 35.5 Å². The number of nitrogens with zero attached hydrogens (tertiary/aromatic N) is 4. The van der Waals surface area contributed by atoms with Crippen molar-refractivity contribution >= 4 is 28.3 Å². The molecule has 4 aromatic rings. The van der Waals surface area contributed by atoms with E-state index in [1.807, 2.05) is 35.2 Å². The third kappa shape index (κ3) is 5.31. The van der Waals surface area contributed by atoms with Gasteiger partial charge in [0.2, 0.25) is 0 Å². The molecule has 1 aliphatic carbocycles. The molecule has 0 atom stereocenters. The van der Waals surface area contributed by atoms with Gasteiger partial charge in [0.1, 0.15) is 17.9 Å². The number of hydrogen-bond donors (Lipinski definition) is 1. The number of aromatic nitrogens is 3. The first-order valence-electron chi connectivity index (χ1n) is 13.8. The number of rotatable bonds is 7. The molecule has 216 valence electrons. The maximum Gasteiger partial charge on any atom is 0.305 e. The van der Waals surface area contributed by atoms with Crippen LogP contribution in [0.2, 0.25) is 5.02 Å². The molecule has 5 rings (SSSR count). The summed E-state index contributed by atoms with van der Waals surface area (Å²) in [6, 6.07) is 12.9. The SMILES string of the molecule is COC(=O)CCCn1cc(C#Cc2ccc3c(O)n(C4C(C)(C)C(Oc5ccc(C#N)c(Cl)c5)C4(C)C)cc3c2)cn1. The van der Waals surface area contributed by atoms with Gasteiger partial charge in [0, 0.05) is 58.6 Å². The highest BCUT2D eigenvalue weighted by atomic mass is 35.5. The number of esters is 1. The predicted octanol–water partition coefficient (Wildman–Crippen LogP) is 6.48. The van der Waals surface area contributed by atoms with E-state index in [2.05, 4.69) is 55.4 Å². The van der Waals surface area contributed by atoms with Crippen LogP contribution in [0.3, 0.4) is 0 Å². The van der Waals surface area contributed by atoms with Crippen LogP contribution in [0.1, 0.15) is 63.3 Å². The van der Waals surface area contributed by atoms with Crippen LogP contribution in [0.5, 0.6) is 11.6 Å². The minimum Gasteiger partial charge on any atom is -0.494 e. The quantitative estimate of drug-likeness (QED) is 0.197. The topological polar surface area (TPSA) is 102 Å². The van der Waals surface area contributed by atoms with E-state index in [4.69, 9.17) is 16.3 Å². The number of aryl methyl sites for hydroxylation is 1. The average molecular weight is 585 g/mol. The van der Waals surface area contributed by atoms with E-state index in [1.54, 1.807) is 29.1 Å². The lowest BCUT2D eigenvalue weighted by Gasteiger charge is -2.63. The van der Waals surface area contributed by atoms with Crippen molar-refractivity contribution in [2.75, 3.05) is 7.11 Å². The molecule has 2 heterocycles. The van der Waals surface area contributed by atoms with Crippen molar-refractivity contribution in [3.8, 4) is 29.5 Å². The van der Waals surface area contributed by atoms with Crippen molar-refractivity contribution in [2.45, 2.75) is 59.2 Å². The second kappa shape index (κ2) is 11.1. The van der Waals surface area contributed by atoms with Gasteiger partial charge in [-0.1, -0.05) is 51.1 Å². The summed E-state index contributed by atoms with van der Waals surface area (Å²) in [6.07, 6.45) is 6.38. The van der Waals surface area contributed by atoms with Gasteiger partial charge >= 0.3 is 5.97 Å². The Kier molecular flexibility index (Phi) is 7.70. The molecule has 1 aliphatic rings. The highest BCUT2D eigenvalue weighted by molar-refractivity contribution is 6.31. The Morgan fingerprint density at radius 3 is 2.52 bits per heavy atom. The molecule has 0 aliphatic heterocycles. The van der Waals surface area contributed by atoms with Crippen molar-refractivity contribution in [1.82, 2.24) is 14.3 Å². The molecule has 1 fully saturated rings. The van der Waals surface area contributed by atoms with Gasteiger partial charge in [-0.15, -0.1) is 0 Å². The lowest BCUT2D eigenvalue weighted by molar-refractivity contribution is -0.188. The molecule has 0 spiro atoms. The van der Waals surface area contributed by atoms with Crippen molar-refractivity contribution in [2.24, 2.45) is 10.8 Å². The molecule has 42 heavy (non-hydrogen) atoms. The molecule has 0 amide bonds. The monoisotopic (exact) mass is 584 g/mol. The van der Waals surface area contributed by atoms with Gasteiger partial charge in [0.25, 0.3) is 0 Å². The number of nitriles is 1. The second-order valence-electron chi connectivity index (χ2n) is 11.9. The van der Waals surface area contributed by atoms with Crippen LogP contribution < -0.4 is 4.74 Å². The summed E-state index contributed by atoms with van der Waals surface area (Å²) in [7, 11) is 1.38. The fraction of sp³-hybridized carbons (Fsp3) is 0.364. The van der Waals surface area contributed by atoms with Crippen LogP contribution in [0.15, 0.2) is 55.0 Å². The molecule has 0 radical (unpaired) electrons. The fourth-order valence-electron chi connectivity index (χ4n) is 6.60. The number of carbonyl (C=O) groups is 1.